The third-order valence-corrected chi connectivity index (χ3v) is 3.03. The fourth-order valence-corrected chi connectivity index (χ4v) is 1.84. The molecule has 0 saturated carbocycles. The number of carbonyl (C=O) groups excluding carboxylic acids is 1. The number of nitrogens with zero attached hydrogens (tertiary/aromatic N) is 2. The molecule has 1 heterocycles. The molecule has 0 bridgehead atoms. The highest BCUT2D eigenvalue weighted by Gasteiger charge is 2.11. The summed E-state index contributed by atoms with van der Waals surface area (Å²) in [6.45, 7) is 6.08. The number of anilines is 2. The van der Waals surface area contributed by atoms with Crippen LogP contribution in [0.4, 0.5) is 11.7 Å². The fraction of sp³-hybridized carbons (Fsp3) is 0.400. The van der Waals surface area contributed by atoms with Gasteiger partial charge in [-0.2, -0.15) is 4.98 Å². The Hall–Kier alpha value is -2.37. The second-order valence-electron chi connectivity index (χ2n) is 5.02. The molecule has 0 atom stereocenters. The van der Waals surface area contributed by atoms with Crippen LogP contribution in [-0.2, 0) is 11.2 Å². The Morgan fingerprint density at radius 3 is 2.76 bits per heavy atom. The van der Waals surface area contributed by atoms with Crippen molar-refractivity contribution >= 4 is 17.6 Å². The maximum absolute atomic E-state index is 11.9. The highest BCUT2D eigenvalue weighted by atomic mass is 16.5. The van der Waals surface area contributed by atoms with E-state index in [2.05, 4.69) is 27.7 Å². The van der Waals surface area contributed by atoms with Crippen LogP contribution in [0.3, 0.4) is 0 Å². The van der Waals surface area contributed by atoms with Gasteiger partial charge in [-0.3, -0.25) is 4.79 Å². The fourth-order valence-electron chi connectivity index (χ4n) is 1.84. The second-order valence-corrected chi connectivity index (χ2v) is 5.02. The molecule has 0 saturated heterocycles. The molecule has 2 N–H and O–H groups in total. The number of para-hydroxylation sites is 1. The molecule has 1 aromatic carbocycles. The number of aryl methyl sites for hydroxylation is 1. The number of amides is 1. The minimum atomic E-state index is -0.153. The van der Waals surface area contributed by atoms with Gasteiger partial charge in [-0.05, 0) is 18.1 Å². The maximum atomic E-state index is 11.9. The minimum Gasteiger partial charge on any atom is -0.329 e. The number of hydrogen-bond donors (Lipinski definition) is 2. The molecular weight excluding hydrogens is 268 g/mol. The van der Waals surface area contributed by atoms with Gasteiger partial charge in [-0.1, -0.05) is 44.1 Å². The van der Waals surface area contributed by atoms with Gasteiger partial charge in [-0.25, -0.2) is 0 Å². The van der Waals surface area contributed by atoms with Gasteiger partial charge in [-0.15, -0.1) is 0 Å². The van der Waals surface area contributed by atoms with Crippen molar-refractivity contribution in [3.8, 4) is 0 Å². The van der Waals surface area contributed by atoms with E-state index >= 15 is 0 Å². The first-order valence-corrected chi connectivity index (χ1v) is 7.05. The number of carbonyl (C=O) groups is 1. The van der Waals surface area contributed by atoms with Crippen LogP contribution in [0.15, 0.2) is 28.8 Å². The molecule has 6 heteroatoms. The predicted molar refractivity (Wildman–Crippen MR) is 81.3 cm³/mol. The molecule has 2 aromatic rings. The number of nitrogens with one attached hydrogen (secondary N) is 2. The van der Waals surface area contributed by atoms with Crippen molar-refractivity contribution in [2.45, 2.75) is 33.1 Å². The van der Waals surface area contributed by atoms with Gasteiger partial charge in [0.2, 0.25) is 5.91 Å². The molecule has 0 aliphatic heterocycles. The first kappa shape index (κ1) is 15.0. The van der Waals surface area contributed by atoms with Crippen LogP contribution in [0.1, 0.15) is 38.1 Å². The van der Waals surface area contributed by atoms with Crippen molar-refractivity contribution in [2.75, 3.05) is 17.2 Å². The lowest BCUT2D eigenvalue weighted by Crippen LogP contribution is -2.22. The zero-order chi connectivity index (χ0) is 15.2. The second kappa shape index (κ2) is 6.88. The molecule has 6 nitrogen and oxygen atoms in total. The largest absolute Gasteiger partial charge is 0.329 e. The maximum Gasteiger partial charge on any atom is 0.321 e. The Morgan fingerprint density at radius 2 is 2.10 bits per heavy atom. The average Bonchev–Trinajstić information content (AvgIpc) is 2.95. The van der Waals surface area contributed by atoms with E-state index in [0.29, 0.717) is 5.82 Å². The number of aromatic nitrogens is 2. The van der Waals surface area contributed by atoms with E-state index in [1.165, 1.54) is 0 Å². The van der Waals surface area contributed by atoms with Crippen LogP contribution in [-0.4, -0.2) is 22.6 Å². The van der Waals surface area contributed by atoms with Gasteiger partial charge in [0, 0.05) is 11.6 Å². The number of hydrogen-bond acceptors (Lipinski definition) is 5. The lowest BCUT2D eigenvalue weighted by molar-refractivity contribution is -0.114. The Balaban J connectivity index is 1.89. The van der Waals surface area contributed by atoms with Gasteiger partial charge in [0.15, 0.2) is 5.82 Å². The van der Waals surface area contributed by atoms with Gasteiger partial charge in [0.25, 0.3) is 0 Å². The predicted octanol–water partition coefficient (Wildman–Crippen LogP) is 2.81. The van der Waals surface area contributed by atoms with Crippen molar-refractivity contribution in [3.63, 3.8) is 0 Å². The molecule has 1 amide bonds. The summed E-state index contributed by atoms with van der Waals surface area (Å²) in [6, 6.07) is 8.00. The van der Waals surface area contributed by atoms with Crippen LogP contribution >= 0.6 is 0 Å². The van der Waals surface area contributed by atoms with Crippen molar-refractivity contribution in [2.24, 2.45) is 0 Å². The molecule has 112 valence electrons. The third-order valence-electron chi connectivity index (χ3n) is 3.03. The molecule has 0 fully saturated rings. The zero-order valence-corrected chi connectivity index (χ0v) is 12.5. The van der Waals surface area contributed by atoms with E-state index < -0.39 is 0 Å². The monoisotopic (exact) mass is 288 g/mol. The van der Waals surface area contributed by atoms with Gasteiger partial charge < -0.3 is 15.2 Å². The number of rotatable bonds is 6. The van der Waals surface area contributed by atoms with E-state index in [-0.39, 0.29) is 24.4 Å². The van der Waals surface area contributed by atoms with E-state index in [9.17, 15) is 4.79 Å². The Labute approximate surface area is 123 Å². The van der Waals surface area contributed by atoms with Crippen LogP contribution in [0.2, 0.25) is 0 Å². The normalized spacial score (nSPS) is 10.7. The summed E-state index contributed by atoms with van der Waals surface area (Å²) in [5.41, 5.74) is 1.94. The van der Waals surface area contributed by atoms with Crippen molar-refractivity contribution < 1.29 is 9.32 Å². The minimum absolute atomic E-state index is 0.0811. The highest BCUT2D eigenvalue weighted by Crippen LogP contribution is 2.15. The van der Waals surface area contributed by atoms with Gasteiger partial charge >= 0.3 is 6.01 Å². The van der Waals surface area contributed by atoms with Crippen LogP contribution < -0.4 is 10.6 Å². The van der Waals surface area contributed by atoms with Crippen LogP contribution in [0.25, 0.3) is 0 Å². The van der Waals surface area contributed by atoms with Crippen molar-refractivity contribution in [3.05, 3.63) is 35.7 Å². The summed E-state index contributed by atoms with van der Waals surface area (Å²) in [7, 11) is 0. The summed E-state index contributed by atoms with van der Waals surface area (Å²) < 4.78 is 5.02. The molecule has 0 spiro atoms. The summed E-state index contributed by atoms with van der Waals surface area (Å²) in [6.07, 6.45) is 0.866. The SMILES string of the molecule is CCc1ccccc1NC(=O)CNc1nc(C(C)C)no1. The standard InChI is InChI=1S/C15H20N4O2/c1-4-11-7-5-6-8-12(11)17-13(20)9-16-15-18-14(10(2)3)19-21-15/h5-8,10H,4,9H2,1-3H3,(H,17,20)(H,16,18,19). The molecule has 0 unspecified atom stereocenters. The summed E-state index contributed by atoms with van der Waals surface area (Å²) >= 11 is 0. The molecular formula is C15H20N4O2. The topological polar surface area (TPSA) is 80.0 Å². The van der Waals surface area contributed by atoms with Gasteiger partial charge in [0.05, 0.1) is 6.54 Å². The highest BCUT2D eigenvalue weighted by molar-refractivity contribution is 5.94. The molecule has 0 aliphatic carbocycles. The van der Waals surface area contributed by atoms with Crippen molar-refractivity contribution in [1.29, 1.82) is 0 Å². The first-order valence-electron chi connectivity index (χ1n) is 7.05. The van der Waals surface area contributed by atoms with E-state index in [4.69, 9.17) is 4.52 Å². The summed E-state index contributed by atoms with van der Waals surface area (Å²) in [5, 5.41) is 9.52. The molecule has 0 aliphatic rings. The van der Waals surface area contributed by atoms with Gasteiger partial charge in [0.1, 0.15) is 0 Å². The van der Waals surface area contributed by atoms with Crippen LogP contribution in [0, 0.1) is 0 Å². The zero-order valence-electron chi connectivity index (χ0n) is 12.5. The molecule has 2 rings (SSSR count). The lowest BCUT2D eigenvalue weighted by atomic mass is 10.1. The smallest absolute Gasteiger partial charge is 0.321 e. The lowest BCUT2D eigenvalue weighted by Gasteiger charge is -2.09. The summed E-state index contributed by atoms with van der Waals surface area (Å²) in [4.78, 5) is 16.1. The Kier molecular flexibility index (Phi) is 4.92. The number of benzene rings is 1. The Bertz CT molecular complexity index is 607. The quantitative estimate of drug-likeness (QED) is 0.854. The van der Waals surface area contributed by atoms with E-state index in [1.807, 2.05) is 38.1 Å². The third kappa shape index (κ3) is 4.05. The van der Waals surface area contributed by atoms with E-state index in [0.717, 1.165) is 17.7 Å². The molecule has 0 radical (unpaired) electrons. The molecule has 21 heavy (non-hydrogen) atoms. The van der Waals surface area contributed by atoms with Crippen LogP contribution in [0.5, 0.6) is 0 Å². The average molecular weight is 288 g/mol. The first-order chi connectivity index (χ1) is 10.1. The molecule has 1 aromatic heterocycles. The van der Waals surface area contributed by atoms with Crippen molar-refractivity contribution in [1.82, 2.24) is 10.1 Å². The summed E-state index contributed by atoms with van der Waals surface area (Å²) in [5.74, 6) is 0.656. The van der Waals surface area contributed by atoms with E-state index in [1.54, 1.807) is 0 Å². The Morgan fingerprint density at radius 1 is 1.33 bits per heavy atom.